The van der Waals surface area contributed by atoms with Crippen molar-refractivity contribution in [3.63, 3.8) is 0 Å². The van der Waals surface area contributed by atoms with E-state index in [1.165, 1.54) is 0 Å². The second-order valence-corrected chi connectivity index (χ2v) is 4.74. The quantitative estimate of drug-likeness (QED) is 0.782. The van der Waals surface area contributed by atoms with Gasteiger partial charge in [0.05, 0.1) is 0 Å². The van der Waals surface area contributed by atoms with Crippen LogP contribution in [0.25, 0.3) is 0 Å². The fourth-order valence-corrected chi connectivity index (χ4v) is 2.33. The Bertz CT molecular complexity index is 464. The molecule has 2 rings (SSSR count). The highest BCUT2D eigenvalue weighted by Gasteiger charge is 2.30. The maximum atomic E-state index is 12.3. The van der Waals surface area contributed by atoms with Gasteiger partial charge in [0.2, 0.25) is 11.8 Å². The Morgan fingerprint density at radius 3 is 3.05 bits per heavy atom. The van der Waals surface area contributed by atoms with Crippen LogP contribution in [0.1, 0.15) is 12.1 Å². The second kappa shape index (κ2) is 7.00. The number of likely N-dealkylation sites (N-methyl/N-ethyl adjacent to an activating group) is 1. The fraction of sp³-hybridized carbons (Fsp3) is 0.500. The van der Waals surface area contributed by atoms with Crippen molar-refractivity contribution >= 4 is 11.8 Å². The zero-order valence-electron chi connectivity index (χ0n) is 11.6. The molecular formula is C14H20N4O2. The second-order valence-electron chi connectivity index (χ2n) is 4.74. The number of carbonyl (C=O) groups excluding carboxylic acids is 2. The van der Waals surface area contributed by atoms with Crippen LogP contribution >= 0.6 is 0 Å². The van der Waals surface area contributed by atoms with Gasteiger partial charge < -0.3 is 15.5 Å². The van der Waals surface area contributed by atoms with Crippen LogP contribution in [-0.2, 0) is 16.0 Å². The topological polar surface area (TPSA) is 74.3 Å². The fourth-order valence-electron chi connectivity index (χ4n) is 2.33. The Kier molecular flexibility index (Phi) is 5.06. The molecule has 1 aliphatic heterocycles. The lowest BCUT2D eigenvalue weighted by molar-refractivity contribution is -0.141. The zero-order chi connectivity index (χ0) is 14.4. The van der Waals surface area contributed by atoms with E-state index in [9.17, 15) is 9.59 Å². The van der Waals surface area contributed by atoms with Crippen LogP contribution in [0.3, 0.4) is 0 Å². The van der Waals surface area contributed by atoms with E-state index in [1.807, 2.05) is 18.2 Å². The number of aromatic nitrogens is 1. The number of rotatable bonds is 4. The molecule has 108 valence electrons. The van der Waals surface area contributed by atoms with Gasteiger partial charge in [-0.05, 0) is 18.6 Å². The molecule has 1 aromatic heterocycles. The number of hydrogen-bond acceptors (Lipinski definition) is 4. The smallest absolute Gasteiger partial charge is 0.243 e. The molecule has 1 saturated heterocycles. The van der Waals surface area contributed by atoms with Gasteiger partial charge in [0, 0.05) is 45.0 Å². The number of piperazine rings is 1. The minimum Gasteiger partial charge on any atom is -0.357 e. The summed E-state index contributed by atoms with van der Waals surface area (Å²) in [6.07, 6.45) is 2.70. The first kappa shape index (κ1) is 14.5. The van der Waals surface area contributed by atoms with Crippen LogP contribution in [0.4, 0.5) is 0 Å². The average molecular weight is 276 g/mol. The van der Waals surface area contributed by atoms with Crippen molar-refractivity contribution in [3.05, 3.63) is 30.1 Å². The number of carbonyl (C=O) groups is 2. The Morgan fingerprint density at radius 2 is 2.35 bits per heavy atom. The predicted molar refractivity (Wildman–Crippen MR) is 75.0 cm³/mol. The van der Waals surface area contributed by atoms with Crippen LogP contribution in [0.15, 0.2) is 24.4 Å². The van der Waals surface area contributed by atoms with Gasteiger partial charge in [-0.25, -0.2) is 0 Å². The van der Waals surface area contributed by atoms with Crippen molar-refractivity contribution in [3.8, 4) is 0 Å². The Morgan fingerprint density at radius 1 is 1.50 bits per heavy atom. The van der Waals surface area contributed by atoms with Gasteiger partial charge in [-0.3, -0.25) is 14.6 Å². The van der Waals surface area contributed by atoms with E-state index in [-0.39, 0.29) is 11.8 Å². The Labute approximate surface area is 118 Å². The largest absolute Gasteiger partial charge is 0.357 e. The Balaban J connectivity index is 1.94. The van der Waals surface area contributed by atoms with Crippen molar-refractivity contribution in [1.29, 1.82) is 0 Å². The van der Waals surface area contributed by atoms with E-state index in [4.69, 9.17) is 0 Å². The summed E-state index contributed by atoms with van der Waals surface area (Å²) in [6.45, 7) is 1.80. The summed E-state index contributed by atoms with van der Waals surface area (Å²) in [5, 5.41) is 5.75. The molecule has 0 aromatic carbocycles. The highest BCUT2D eigenvalue weighted by molar-refractivity contribution is 5.88. The maximum Gasteiger partial charge on any atom is 0.243 e. The monoisotopic (exact) mass is 276 g/mol. The summed E-state index contributed by atoms with van der Waals surface area (Å²) in [6, 6.07) is 5.25. The molecule has 2 heterocycles. The third kappa shape index (κ3) is 3.54. The summed E-state index contributed by atoms with van der Waals surface area (Å²) in [5.74, 6) is -0.117. The lowest BCUT2D eigenvalue weighted by atomic mass is 10.1. The van der Waals surface area contributed by atoms with Gasteiger partial charge in [-0.15, -0.1) is 0 Å². The molecule has 0 radical (unpaired) electrons. The summed E-state index contributed by atoms with van der Waals surface area (Å²) in [5.41, 5.74) is 0.896. The molecule has 20 heavy (non-hydrogen) atoms. The molecule has 0 aliphatic carbocycles. The van der Waals surface area contributed by atoms with Gasteiger partial charge in [0.25, 0.3) is 0 Å². The molecular weight excluding hydrogens is 256 g/mol. The van der Waals surface area contributed by atoms with Crippen molar-refractivity contribution in [2.45, 2.75) is 18.9 Å². The van der Waals surface area contributed by atoms with E-state index < -0.39 is 6.04 Å². The number of nitrogens with one attached hydrogen (secondary N) is 2. The van der Waals surface area contributed by atoms with Gasteiger partial charge in [0.15, 0.2) is 0 Å². The lowest BCUT2D eigenvalue weighted by Crippen LogP contribution is -2.59. The third-order valence-electron chi connectivity index (χ3n) is 3.43. The van der Waals surface area contributed by atoms with Crippen molar-refractivity contribution < 1.29 is 9.59 Å². The van der Waals surface area contributed by atoms with Gasteiger partial charge in [0.1, 0.15) is 6.04 Å². The normalized spacial score (nSPS) is 18.6. The van der Waals surface area contributed by atoms with Crippen LogP contribution in [0.5, 0.6) is 0 Å². The molecule has 1 fully saturated rings. The molecule has 1 atom stereocenters. The number of nitrogens with zero attached hydrogens (tertiary/aromatic N) is 2. The summed E-state index contributed by atoms with van der Waals surface area (Å²) < 4.78 is 0. The average Bonchev–Trinajstić information content (AvgIpc) is 2.52. The van der Waals surface area contributed by atoms with E-state index in [0.29, 0.717) is 25.9 Å². The number of pyridine rings is 1. The van der Waals surface area contributed by atoms with Crippen molar-refractivity contribution in [1.82, 2.24) is 20.5 Å². The molecule has 6 heteroatoms. The standard InChI is InChI=1S/C14H20N4O2/c1-15-14(20)12-10-16-8-9-18(12)13(19)6-5-11-4-2-3-7-17-11/h2-4,7,12,16H,5-6,8-10H2,1H3,(H,15,20). The first-order chi connectivity index (χ1) is 9.72. The summed E-state index contributed by atoms with van der Waals surface area (Å²) in [7, 11) is 1.59. The first-order valence-electron chi connectivity index (χ1n) is 6.84. The number of aryl methyl sites for hydroxylation is 1. The molecule has 1 unspecified atom stereocenters. The molecule has 2 amide bonds. The minimum absolute atomic E-state index is 0.00533. The first-order valence-corrected chi connectivity index (χ1v) is 6.84. The Hall–Kier alpha value is -1.95. The molecule has 1 aliphatic rings. The SMILES string of the molecule is CNC(=O)C1CNCCN1C(=O)CCc1ccccn1. The highest BCUT2D eigenvalue weighted by Crippen LogP contribution is 2.08. The minimum atomic E-state index is -0.412. The van der Waals surface area contributed by atoms with Gasteiger partial charge in [-0.1, -0.05) is 6.07 Å². The molecule has 0 spiro atoms. The molecule has 2 N–H and O–H groups in total. The molecule has 0 bridgehead atoms. The van der Waals surface area contributed by atoms with Gasteiger partial charge in [-0.2, -0.15) is 0 Å². The van der Waals surface area contributed by atoms with Crippen LogP contribution in [0.2, 0.25) is 0 Å². The maximum absolute atomic E-state index is 12.3. The van der Waals surface area contributed by atoms with Crippen molar-refractivity contribution in [2.24, 2.45) is 0 Å². The molecule has 1 aromatic rings. The molecule has 6 nitrogen and oxygen atoms in total. The highest BCUT2D eigenvalue weighted by atomic mass is 16.2. The van der Waals surface area contributed by atoms with Crippen LogP contribution in [0, 0.1) is 0 Å². The zero-order valence-corrected chi connectivity index (χ0v) is 11.6. The van der Waals surface area contributed by atoms with E-state index in [2.05, 4.69) is 15.6 Å². The van der Waals surface area contributed by atoms with E-state index in [0.717, 1.165) is 12.2 Å². The number of hydrogen-bond donors (Lipinski definition) is 2. The summed E-state index contributed by atoms with van der Waals surface area (Å²) in [4.78, 5) is 30.0. The van der Waals surface area contributed by atoms with Crippen LogP contribution in [-0.4, -0.2) is 54.4 Å². The predicted octanol–water partition coefficient (Wildman–Crippen LogP) is -0.439. The van der Waals surface area contributed by atoms with Gasteiger partial charge >= 0.3 is 0 Å². The summed E-state index contributed by atoms with van der Waals surface area (Å²) >= 11 is 0. The third-order valence-corrected chi connectivity index (χ3v) is 3.43. The van der Waals surface area contributed by atoms with E-state index in [1.54, 1.807) is 18.1 Å². The van der Waals surface area contributed by atoms with E-state index >= 15 is 0 Å². The van der Waals surface area contributed by atoms with Crippen LogP contribution < -0.4 is 10.6 Å². The number of amides is 2. The lowest BCUT2D eigenvalue weighted by Gasteiger charge is -2.35. The van der Waals surface area contributed by atoms with Crippen molar-refractivity contribution in [2.75, 3.05) is 26.7 Å². The molecule has 0 saturated carbocycles.